The number of nitriles is 1. The fraction of sp³-hybridized carbons (Fsp3) is 0.312. The summed E-state index contributed by atoms with van der Waals surface area (Å²) < 4.78 is 0.787. The van der Waals surface area contributed by atoms with Gasteiger partial charge in [-0.05, 0) is 40.9 Å². The van der Waals surface area contributed by atoms with Crippen molar-refractivity contribution in [3.05, 3.63) is 46.6 Å². The van der Waals surface area contributed by atoms with Gasteiger partial charge in [0, 0.05) is 36.0 Å². The van der Waals surface area contributed by atoms with Crippen molar-refractivity contribution in [2.45, 2.75) is 18.9 Å². The summed E-state index contributed by atoms with van der Waals surface area (Å²) >= 11 is 3.33. The zero-order valence-corrected chi connectivity index (χ0v) is 14.4. The monoisotopic (exact) mass is 386 g/mol. The molecular weight excluding hydrogens is 372 g/mol. The summed E-state index contributed by atoms with van der Waals surface area (Å²) in [5.41, 5.74) is 0.918. The predicted molar refractivity (Wildman–Crippen MR) is 91.4 cm³/mol. The van der Waals surface area contributed by atoms with Crippen LogP contribution in [0.15, 0.2) is 35.3 Å². The Labute approximate surface area is 147 Å². The number of rotatable bonds is 3. The number of pyridine rings is 1. The standard InChI is InChI=1S/C16H15BrN6O/c17-12-7-11(8-18)15(20-9-12)23-5-2-13(3-6-23)22-16(24)14-1-4-19-10-21-14/h1,4,7,9-10,13H,2-3,5-6H2,(H,22,24). The van der Waals surface area contributed by atoms with Gasteiger partial charge in [0.05, 0.1) is 5.56 Å². The number of nitrogens with one attached hydrogen (secondary N) is 1. The van der Waals surface area contributed by atoms with Crippen LogP contribution in [-0.4, -0.2) is 40.0 Å². The van der Waals surface area contributed by atoms with Gasteiger partial charge < -0.3 is 10.2 Å². The van der Waals surface area contributed by atoms with Crippen molar-refractivity contribution in [2.24, 2.45) is 0 Å². The number of carbonyl (C=O) groups excluding carboxylic acids is 1. The van der Waals surface area contributed by atoms with Crippen LogP contribution in [0.5, 0.6) is 0 Å². The average Bonchev–Trinajstić information content (AvgIpc) is 2.63. The molecule has 8 heteroatoms. The Morgan fingerprint density at radius 3 is 2.83 bits per heavy atom. The Hall–Kier alpha value is -2.53. The lowest BCUT2D eigenvalue weighted by Crippen LogP contribution is -2.45. The van der Waals surface area contributed by atoms with Gasteiger partial charge in [-0.3, -0.25) is 4.79 Å². The lowest BCUT2D eigenvalue weighted by molar-refractivity contribution is 0.0926. The summed E-state index contributed by atoms with van der Waals surface area (Å²) in [6.07, 6.45) is 6.19. The predicted octanol–water partition coefficient (Wildman–Crippen LogP) is 1.90. The fourth-order valence-electron chi connectivity index (χ4n) is 2.69. The van der Waals surface area contributed by atoms with E-state index in [-0.39, 0.29) is 11.9 Å². The number of hydrogen-bond donors (Lipinski definition) is 1. The first-order valence-corrected chi connectivity index (χ1v) is 8.34. The van der Waals surface area contributed by atoms with E-state index in [9.17, 15) is 10.1 Å². The summed E-state index contributed by atoms with van der Waals surface area (Å²) in [5, 5.41) is 12.3. The van der Waals surface area contributed by atoms with Gasteiger partial charge >= 0.3 is 0 Å². The smallest absolute Gasteiger partial charge is 0.270 e. The first-order valence-electron chi connectivity index (χ1n) is 7.55. The Kier molecular flexibility index (Phi) is 5.01. The molecule has 0 aromatic carbocycles. The summed E-state index contributed by atoms with van der Waals surface area (Å²) in [7, 11) is 0. The number of hydrogen-bond acceptors (Lipinski definition) is 6. The Bertz CT molecular complexity index is 768. The lowest BCUT2D eigenvalue weighted by Gasteiger charge is -2.33. The van der Waals surface area contributed by atoms with Crippen LogP contribution >= 0.6 is 15.9 Å². The molecule has 24 heavy (non-hydrogen) atoms. The van der Waals surface area contributed by atoms with Crippen LogP contribution in [0.3, 0.4) is 0 Å². The van der Waals surface area contributed by atoms with E-state index >= 15 is 0 Å². The zero-order chi connectivity index (χ0) is 16.9. The number of aromatic nitrogens is 3. The van der Waals surface area contributed by atoms with Crippen molar-refractivity contribution < 1.29 is 4.79 Å². The molecular formula is C16H15BrN6O. The topological polar surface area (TPSA) is 94.8 Å². The SMILES string of the molecule is N#Cc1cc(Br)cnc1N1CCC(NC(=O)c2ccncn2)CC1. The van der Waals surface area contributed by atoms with Crippen LogP contribution in [-0.2, 0) is 0 Å². The Morgan fingerprint density at radius 1 is 1.38 bits per heavy atom. The molecule has 2 aromatic heterocycles. The van der Waals surface area contributed by atoms with Crippen LogP contribution in [0.4, 0.5) is 5.82 Å². The maximum atomic E-state index is 12.1. The van der Waals surface area contributed by atoms with Crippen LogP contribution in [0.2, 0.25) is 0 Å². The maximum absolute atomic E-state index is 12.1. The molecule has 1 N–H and O–H groups in total. The number of amides is 1. The number of piperidine rings is 1. The quantitative estimate of drug-likeness (QED) is 0.865. The third-order valence-electron chi connectivity index (χ3n) is 3.90. The molecule has 0 aliphatic carbocycles. The lowest BCUT2D eigenvalue weighted by atomic mass is 10.0. The van der Waals surface area contributed by atoms with E-state index in [4.69, 9.17) is 0 Å². The Morgan fingerprint density at radius 2 is 2.17 bits per heavy atom. The molecule has 1 aliphatic heterocycles. The minimum atomic E-state index is -0.185. The van der Waals surface area contributed by atoms with E-state index in [1.165, 1.54) is 6.33 Å². The molecule has 0 unspecified atom stereocenters. The highest BCUT2D eigenvalue weighted by Gasteiger charge is 2.23. The molecule has 1 aliphatic rings. The van der Waals surface area contributed by atoms with Gasteiger partial charge in [-0.1, -0.05) is 0 Å². The second-order valence-electron chi connectivity index (χ2n) is 5.47. The van der Waals surface area contributed by atoms with Gasteiger partial charge in [0.25, 0.3) is 5.91 Å². The minimum absolute atomic E-state index is 0.0877. The van der Waals surface area contributed by atoms with Gasteiger partial charge in [-0.25, -0.2) is 15.0 Å². The van der Waals surface area contributed by atoms with Gasteiger partial charge in [0.15, 0.2) is 0 Å². The van der Waals surface area contributed by atoms with E-state index in [2.05, 4.69) is 47.2 Å². The largest absolute Gasteiger partial charge is 0.355 e. The number of nitrogens with zero attached hydrogens (tertiary/aromatic N) is 5. The molecule has 7 nitrogen and oxygen atoms in total. The van der Waals surface area contributed by atoms with E-state index < -0.39 is 0 Å². The molecule has 3 rings (SSSR count). The molecule has 1 saturated heterocycles. The first kappa shape index (κ1) is 16.3. The van der Waals surface area contributed by atoms with Crippen molar-refractivity contribution in [2.75, 3.05) is 18.0 Å². The van der Waals surface area contributed by atoms with Crippen molar-refractivity contribution >= 4 is 27.7 Å². The highest BCUT2D eigenvalue weighted by molar-refractivity contribution is 9.10. The molecule has 1 amide bonds. The highest BCUT2D eigenvalue weighted by Crippen LogP contribution is 2.24. The van der Waals surface area contributed by atoms with Crippen molar-refractivity contribution in [1.82, 2.24) is 20.3 Å². The van der Waals surface area contributed by atoms with Crippen LogP contribution < -0.4 is 10.2 Å². The van der Waals surface area contributed by atoms with Gasteiger partial charge in [0.2, 0.25) is 0 Å². The molecule has 0 radical (unpaired) electrons. The van der Waals surface area contributed by atoms with Crippen LogP contribution in [0.25, 0.3) is 0 Å². The maximum Gasteiger partial charge on any atom is 0.270 e. The average molecular weight is 387 g/mol. The van der Waals surface area contributed by atoms with E-state index in [0.29, 0.717) is 17.1 Å². The molecule has 122 valence electrons. The molecule has 1 fully saturated rings. The molecule has 0 bridgehead atoms. The summed E-state index contributed by atoms with van der Waals surface area (Å²) in [4.78, 5) is 26.3. The van der Waals surface area contributed by atoms with E-state index in [1.54, 1.807) is 24.5 Å². The third kappa shape index (κ3) is 3.68. The van der Waals surface area contributed by atoms with Crippen molar-refractivity contribution in [3.8, 4) is 6.07 Å². The van der Waals surface area contributed by atoms with Gasteiger partial charge in [-0.2, -0.15) is 5.26 Å². The molecule has 3 heterocycles. The molecule has 0 spiro atoms. The minimum Gasteiger partial charge on any atom is -0.355 e. The molecule has 2 aromatic rings. The number of carbonyl (C=O) groups is 1. The normalized spacial score (nSPS) is 14.9. The second-order valence-corrected chi connectivity index (χ2v) is 6.38. The van der Waals surface area contributed by atoms with E-state index in [1.807, 2.05) is 0 Å². The van der Waals surface area contributed by atoms with Crippen LogP contribution in [0, 0.1) is 11.3 Å². The van der Waals surface area contributed by atoms with Crippen molar-refractivity contribution in [1.29, 1.82) is 5.26 Å². The van der Waals surface area contributed by atoms with Gasteiger partial charge in [-0.15, -0.1) is 0 Å². The second kappa shape index (κ2) is 7.36. The first-order chi connectivity index (χ1) is 11.7. The van der Waals surface area contributed by atoms with Crippen LogP contribution in [0.1, 0.15) is 28.9 Å². The molecule has 0 saturated carbocycles. The summed E-state index contributed by atoms with van der Waals surface area (Å²) in [6.45, 7) is 1.47. The van der Waals surface area contributed by atoms with Crippen molar-refractivity contribution in [3.63, 3.8) is 0 Å². The highest BCUT2D eigenvalue weighted by atomic mass is 79.9. The summed E-state index contributed by atoms with van der Waals surface area (Å²) in [5.74, 6) is 0.511. The van der Waals surface area contributed by atoms with Gasteiger partial charge in [0.1, 0.15) is 23.9 Å². The fourth-order valence-corrected chi connectivity index (χ4v) is 3.02. The Balaban J connectivity index is 1.60. The third-order valence-corrected chi connectivity index (χ3v) is 4.33. The summed E-state index contributed by atoms with van der Waals surface area (Å²) in [6, 6.07) is 5.63. The number of halogens is 1. The molecule has 0 atom stereocenters. The number of anilines is 1. The zero-order valence-electron chi connectivity index (χ0n) is 12.8. The van der Waals surface area contributed by atoms with E-state index in [0.717, 1.165) is 30.4 Å².